The Hall–Kier alpha value is -0.0900. The van der Waals surface area contributed by atoms with Crippen LogP contribution in [0.5, 0.6) is 0 Å². The third kappa shape index (κ3) is 3.58. The summed E-state index contributed by atoms with van der Waals surface area (Å²) in [5.41, 5.74) is 0. The molecule has 84 valence electrons. The molecule has 1 saturated carbocycles. The minimum atomic E-state index is -3.26. The van der Waals surface area contributed by atoms with Crippen LogP contribution in [0, 0.1) is 5.92 Å². The third-order valence-electron chi connectivity index (χ3n) is 2.76. The highest BCUT2D eigenvalue weighted by Gasteiger charge is 2.26. The van der Waals surface area contributed by atoms with Crippen molar-refractivity contribution in [3.63, 3.8) is 0 Å². The molecule has 0 aromatic heterocycles. The predicted molar refractivity (Wildman–Crippen MR) is 56.6 cm³/mol. The van der Waals surface area contributed by atoms with E-state index < -0.39 is 10.1 Å². The van der Waals surface area contributed by atoms with Crippen molar-refractivity contribution in [2.75, 3.05) is 5.75 Å². The molecule has 0 N–H and O–H groups in total. The van der Waals surface area contributed by atoms with E-state index in [0.717, 1.165) is 19.3 Å². The van der Waals surface area contributed by atoms with Crippen molar-refractivity contribution in [2.24, 2.45) is 5.92 Å². The lowest BCUT2D eigenvalue weighted by Gasteiger charge is -2.27. The fraction of sp³-hybridized carbons (Fsp3) is 1.00. The molecule has 2 unspecified atom stereocenters. The fourth-order valence-corrected chi connectivity index (χ4v) is 3.17. The molecule has 1 rings (SSSR count). The summed E-state index contributed by atoms with van der Waals surface area (Å²) in [6.07, 6.45) is 4.84. The quantitative estimate of drug-likeness (QED) is 0.683. The van der Waals surface area contributed by atoms with Gasteiger partial charge in [-0.2, -0.15) is 8.42 Å². The Bertz CT molecular complexity index is 259. The zero-order valence-electron chi connectivity index (χ0n) is 9.03. The maximum Gasteiger partial charge on any atom is 0.267 e. The Morgan fingerprint density at radius 1 is 1.29 bits per heavy atom. The van der Waals surface area contributed by atoms with Gasteiger partial charge >= 0.3 is 0 Å². The molecule has 0 heterocycles. The van der Waals surface area contributed by atoms with Crippen LogP contribution in [0.15, 0.2) is 0 Å². The number of rotatable bonds is 4. The second kappa shape index (κ2) is 5.12. The summed E-state index contributed by atoms with van der Waals surface area (Å²) in [7, 11) is -3.26. The second-order valence-electron chi connectivity index (χ2n) is 4.16. The van der Waals surface area contributed by atoms with E-state index in [1.165, 1.54) is 6.42 Å². The monoisotopic (exact) mass is 220 g/mol. The highest BCUT2D eigenvalue weighted by atomic mass is 32.2. The van der Waals surface area contributed by atoms with Gasteiger partial charge in [-0.15, -0.1) is 0 Å². The first kappa shape index (κ1) is 12.0. The summed E-state index contributed by atoms with van der Waals surface area (Å²) in [4.78, 5) is 0. The van der Waals surface area contributed by atoms with Crippen LogP contribution in [0.25, 0.3) is 0 Å². The average Bonchev–Trinajstić information content (AvgIpc) is 2.08. The number of hydrogen-bond donors (Lipinski definition) is 0. The molecule has 1 fully saturated rings. The van der Waals surface area contributed by atoms with Crippen molar-refractivity contribution in [3.8, 4) is 0 Å². The van der Waals surface area contributed by atoms with Crippen LogP contribution in [0.3, 0.4) is 0 Å². The molecule has 0 aromatic carbocycles. The maximum absolute atomic E-state index is 11.4. The first-order valence-corrected chi connectivity index (χ1v) is 7.04. The Labute approximate surface area is 87.0 Å². The smallest absolute Gasteiger partial charge is 0.266 e. The van der Waals surface area contributed by atoms with Gasteiger partial charge in [0, 0.05) is 0 Å². The van der Waals surface area contributed by atoms with Crippen molar-refractivity contribution in [1.82, 2.24) is 0 Å². The topological polar surface area (TPSA) is 43.4 Å². The molecule has 0 bridgehead atoms. The number of hydrogen-bond acceptors (Lipinski definition) is 3. The highest BCUT2D eigenvalue weighted by molar-refractivity contribution is 7.86. The van der Waals surface area contributed by atoms with E-state index in [2.05, 4.69) is 6.92 Å². The van der Waals surface area contributed by atoms with E-state index in [9.17, 15) is 8.42 Å². The third-order valence-corrected chi connectivity index (χ3v) is 4.21. The zero-order chi connectivity index (χ0) is 10.6. The standard InChI is InChI=1S/C10H20O3S/c1-3-8-14(11,12)13-10-7-5-4-6-9(10)2/h9-10H,3-8H2,1-2H3. The van der Waals surface area contributed by atoms with Gasteiger partial charge in [0.05, 0.1) is 11.9 Å². The van der Waals surface area contributed by atoms with Crippen molar-refractivity contribution in [2.45, 2.75) is 52.1 Å². The molecule has 2 atom stereocenters. The average molecular weight is 220 g/mol. The van der Waals surface area contributed by atoms with E-state index >= 15 is 0 Å². The normalized spacial score (nSPS) is 29.0. The van der Waals surface area contributed by atoms with Crippen LogP contribution in [0.2, 0.25) is 0 Å². The van der Waals surface area contributed by atoms with Crippen LogP contribution in [0.4, 0.5) is 0 Å². The minimum absolute atomic E-state index is 0.0692. The summed E-state index contributed by atoms with van der Waals surface area (Å²) in [5.74, 6) is 0.534. The molecule has 0 saturated heterocycles. The molecule has 1 aliphatic rings. The summed E-state index contributed by atoms with van der Waals surface area (Å²) in [5, 5.41) is 0. The SMILES string of the molecule is CCCS(=O)(=O)OC1CCCCC1C. The molecule has 1 aliphatic carbocycles. The predicted octanol–water partition coefficient (Wildman–Crippen LogP) is 2.32. The van der Waals surface area contributed by atoms with E-state index in [-0.39, 0.29) is 11.9 Å². The van der Waals surface area contributed by atoms with Gasteiger partial charge in [0.25, 0.3) is 10.1 Å². The Morgan fingerprint density at radius 2 is 1.93 bits per heavy atom. The Morgan fingerprint density at radius 3 is 2.50 bits per heavy atom. The summed E-state index contributed by atoms with van der Waals surface area (Å²) >= 11 is 0. The molecule has 0 aliphatic heterocycles. The summed E-state index contributed by atoms with van der Waals surface area (Å²) < 4.78 is 28.0. The zero-order valence-corrected chi connectivity index (χ0v) is 9.85. The molecule has 0 amide bonds. The maximum atomic E-state index is 11.4. The van der Waals surface area contributed by atoms with E-state index in [1.807, 2.05) is 6.92 Å². The first-order chi connectivity index (χ1) is 6.55. The molecular formula is C10H20O3S. The summed E-state index contributed by atoms with van der Waals surface area (Å²) in [6.45, 7) is 3.93. The first-order valence-electron chi connectivity index (χ1n) is 5.46. The highest BCUT2D eigenvalue weighted by Crippen LogP contribution is 2.27. The molecule has 0 spiro atoms. The van der Waals surface area contributed by atoms with Gasteiger partial charge in [-0.3, -0.25) is 4.18 Å². The van der Waals surface area contributed by atoms with Crippen molar-refractivity contribution >= 4 is 10.1 Å². The summed E-state index contributed by atoms with van der Waals surface area (Å²) in [6, 6.07) is 0. The molecule has 4 heteroatoms. The van der Waals surface area contributed by atoms with E-state index in [0.29, 0.717) is 12.3 Å². The lowest BCUT2D eigenvalue weighted by Crippen LogP contribution is -2.29. The fourth-order valence-electron chi connectivity index (χ4n) is 1.91. The molecule has 14 heavy (non-hydrogen) atoms. The van der Waals surface area contributed by atoms with Crippen molar-refractivity contribution in [3.05, 3.63) is 0 Å². The van der Waals surface area contributed by atoms with E-state index in [1.54, 1.807) is 0 Å². The Balaban J connectivity index is 2.49. The molecule has 0 aromatic rings. The lowest BCUT2D eigenvalue weighted by molar-refractivity contribution is 0.109. The van der Waals surface area contributed by atoms with Gasteiger partial charge in [0.1, 0.15) is 0 Å². The Kier molecular flexibility index (Phi) is 4.38. The van der Waals surface area contributed by atoms with Gasteiger partial charge in [-0.1, -0.05) is 26.7 Å². The van der Waals surface area contributed by atoms with Crippen molar-refractivity contribution in [1.29, 1.82) is 0 Å². The minimum Gasteiger partial charge on any atom is -0.266 e. The van der Waals surface area contributed by atoms with Crippen LogP contribution >= 0.6 is 0 Å². The van der Waals surface area contributed by atoms with E-state index in [4.69, 9.17) is 4.18 Å². The van der Waals surface area contributed by atoms with Gasteiger partial charge in [-0.05, 0) is 25.2 Å². The lowest BCUT2D eigenvalue weighted by atomic mass is 9.88. The molecule has 3 nitrogen and oxygen atoms in total. The second-order valence-corrected chi connectivity index (χ2v) is 5.87. The largest absolute Gasteiger partial charge is 0.267 e. The molecule has 0 radical (unpaired) electrons. The van der Waals surface area contributed by atoms with Gasteiger partial charge in [0.15, 0.2) is 0 Å². The van der Waals surface area contributed by atoms with Gasteiger partial charge in [-0.25, -0.2) is 0 Å². The van der Waals surface area contributed by atoms with Crippen LogP contribution < -0.4 is 0 Å². The van der Waals surface area contributed by atoms with Crippen LogP contribution in [0.1, 0.15) is 46.0 Å². The van der Waals surface area contributed by atoms with Gasteiger partial charge < -0.3 is 0 Å². The van der Waals surface area contributed by atoms with Crippen LogP contribution in [-0.2, 0) is 14.3 Å². The van der Waals surface area contributed by atoms with Crippen molar-refractivity contribution < 1.29 is 12.6 Å². The van der Waals surface area contributed by atoms with Gasteiger partial charge in [0.2, 0.25) is 0 Å². The van der Waals surface area contributed by atoms with Crippen LogP contribution in [-0.4, -0.2) is 20.3 Å². The molecular weight excluding hydrogens is 200 g/mol.